The first-order valence-electron chi connectivity index (χ1n) is 7.60. The Morgan fingerprint density at radius 3 is 2.44 bits per heavy atom. The number of rotatable bonds is 3. The zero-order chi connectivity index (χ0) is 17.3. The first-order chi connectivity index (χ1) is 11.4. The molecule has 4 nitrogen and oxygen atoms in total. The lowest BCUT2D eigenvalue weighted by molar-refractivity contribution is 0.160. The molecule has 25 heavy (non-hydrogen) atoms. The molecule has 0 aliphatic carbocycles. The van der Waals surface area contributed by atoms with Crippen LogP contribution in [0.25, 0.3) is 0 Å². The van der Waals surface area contributed by atoms with Crippen LogP contribution in [0.2, 0.25) is 5.02 Å². The molecule has 0 aromatic heterocycles. The van der Waals surface area contributed by atoms with Crippen LogP contribution in [0, 0.1) is 5.82 Å². The number of halogens is 3. The Morgan fingerprint density at radius 2 is 1.80 bits per heavy atom. The molecule has 0 spiro atoms. The minimum absolute atomic E-state index is 0. The number of sulfonamides is 1. The van der Waals surface area contributed by atoms with E-state index in [1.165, 1.54) is 16.4 Å². The van der Waals surface area contributed by atoms with Crippen molar-refractivity contribution in [3.63, 3.8) is 0 Å². The van der Waals surface area contributed by atoms with Crippen LogP contribution in [0.1, 0.15) is 11.6 Å². The van der Waals surface area contributed by atoms with E-state index in [0.29, 0.717) is 19.6 Å². The van der Waals surface area contributed by atoms with Crippen LogP contribution in [0.4, 0.5) is 4.39 Å². The van der Waals surface area contributed by atoms with Gasteiger partial charge in [-0.05, 0) is 30.8 Å². The molecule has 0 bridgehead atoms. The van der Waals surface area contributed by atoms with Crippen molar-refractivity contribution in [1.29, 1.82) is 0 Å². The first-order valence-corrected chi connectivity index (χ1v) is 9.42. The fourth-order valence-electron chi connectivity index (χ4n) is 2.91. The van der Waals surface area contributed by atoms with E-state index in [0.717, 1.165) is 11.6 Å². The SMILES string of the molecule is CN1CCN(S(=O)(=O)c2ccc(F)c(Cl)c2)C(c2ccccc2)C1.Cl. The smallest absolute Gasteiger partial charge is 0.243 e. The van der Waals surface area contributed by atoms with E-state index in [9.17, 15) is 12.8 Å². The van der Waals surface area contributed by atoms with E-state index < -0.39 is 15.8 Å². The van der Waals surface area contributed by atoms with Gasteiger partial charge in [0.15, 0.2) is 0 Å². The van der Waals surface area contributed by atoms with E-state index in [1.54, 1.807) is 0 Å². The molecule has 0 radical (unpaired) electrons. The highest BCUT2D eigenvalue weighted by molar-refractivity contribution is 7.89. The van der Waals surface area contributed by atoms with Crippen molar-refractivity contribution < 1.29 is 12.8 Å². The van der Waals surface area contributed by atoms with Gasteiger partial charge in [0.1, 0.15) is 5.82 Å². The number of piperazine rings is 1. The zero-order valence-electron chi connectivity index (χ0n) is 13.6. The molecule has 1 aliphatic rings. The van der Waals surface area contributed by atoms with Crippen molar-refractivity contribution in [2.24, 2.45) is 0 Å². The molecular weight excluding hydrogens is 386 g/mol. The maximum atomic E-state index is 13.4. The Balaban J connectivity index is 0.00000225. The second-order valence-electron chi connectivity index (χ2n) is 5.88. The van der Waals surface area contributed by atoms with Crippen molar-refractivity contribution in [3.8, 4) is 0 Å². The predicted molar refractivity (Wildman–Crippen MR) is 99.2 cm³/mol. The highest BCUT2D eigenvalue weighted by Crippen LogP contribution is 2.31. The van der Waals surface area contributed by atoms with Gasteiger partial charge in [-0.25, -0.2) is 12.8 Å². The number of benzene rings is 2. The van der Waals surface area contributed by atoms with Gasteiger partial charge in [0.25, 0.3) is 0 Å². The summed E-state index contributed by atoms with van der Waals surface area (Å²) < 4.78 is 41.0. The zero-order valence-corrected chi connectivity index (χ0v) is 16.0. The van der Waals surface area contributed by atoms with E-state index in [2.05, 4.69) is 4.90 Å². The second kappa shape index (κ2) is 8.01. The summed E-state index contributed by atoms with van der Waals surface area (Å²) in [7, 11) is -1.80. The Hall–Kier alpha value is -1.18. The van der Waals surface area contributed by atoms with Gasteiger partial charge in [-0.1, -0.05) is 41.9 Å². The average Bonchev–Trinajstić information content (AvgIpc) is 2.57. The summed E-state index contributed by atoms with van der Waals surface area (Å²) in [6.07, 6.45) is 0. The van der Waals surface area contributed by atoms with Gasteiger partial charge in [0.2, 0.25) is 10.0 Å². The third-order valence-corrected chi connectivity index (χ3v) is 6.41. The monoisotopic (exact) mass is 404 g/mol. The highest BCUT2D eigenvalue weighted by atomic mass is 35.5. The van der Waals surface area contributed by atoms with Crippen LogP contribution in [0.15, 0.2) is 53.4 Å². The Bertz CT molecular complexity index is 834. The van der Waals surface area contributed by atoms with Crippen LogP contribution in [0.3, 0.4) is 0 Å². The fourth-order valence-corrected chi connectivity index (χ4v) is 4.78. The minimum atomic E-state index is -3.77. The Labute approximate surface area is 158 Å². The number of likely N-dealkylation sites (N-methyl/N-ethyl adjacent to an activating group) is 1. The Kier molecular flexibility index (Phi) is 6.45. The molecule has 3 rings (SSSR count). The van der Waals surface area contributed by atoms with Crippen molar-refractivity contribution in [2.75, 3.05) is 26.7 Å². The third kappa shape index (κ3) is 4.15. The van der Waals surface area contributed by atoms with Gasteiger partial charge in [0.05, 0.1) is 16.0 Å². The summed E-state index contributed by atoms with van der Waals surface area (Å²) >= 11 is 5.77. The molecule has 2 aromatic carbocycles. The summed E-state index contributed by atoms with van der Waals surface area (Å²) in [4.78, 5) is 2.11. The Morgan fingerprint density at radius 1 is 1.12 bits per heavy atom. The maximum absolute atomic E-state index is 13.4. The van der Waals surface area contributed by atoms with Crippen molar-refractivity contribution in [2.45, 2.75) is 10.9 Å². The van der Waals surface area contributed by atoms with Gasteiger partial charge in [0, 0.05) is 19.6 Å². The van der Waals surface area contributed by atoms with Crippen LogP contribution >= 0.6 is 24.0 Å². The van der Waals surface area contributed by atoms with E-state index in [4.69, 9.17) is 11.6 Å². The molecule has 1 saturated heterocycles. The van der Waals surface area contributed by atoms with Gasteiger partial charge < -0.3 is 4.90 Å². The standard InChI is InChI=1S/C17H18ClFN2O2S.ClH/c1-20-9-10-21(17(12-20)13-5-3-2-4-6-13)24(22,23)14-7-8-16(19)15(18)11-14;/h2-8,11,17H,9-10,12H2,1H3;1H. The maximum Gasteiger partial charge on any atom is 0.243 e. The molecule has 0 saturated carbocycles. The quantitative estimate of drug-likeness (QED) is 0.784. The van der Waals surface area contributed by atoms with Gasteiger partial charge in [-0.3, -0.25) is 0 Å². The lowest BCUT2D eigenvalue weighted by atomic mass is 10.1. The van der Waals surface area contributed by atoms with E-state index in [-0.39, 0.29) is 28.4 Å². The van der Waals surface area contributed by atoms with Gasteiger partial charge >= 0.3 is 0 Å². The second-order valence-corrected chi connectivity index (χ2v) is 8.18. The summed E-state index contributed by atoms with van der Waals surface area (Å²) in [6, 6.07) is 12.8. The topological polar surface area (TPSA) is 40.6 Å². The molecule has 1 aliphatic heterocycles. The normalized spacial score (nSPS) is 19.4. The fraction of sp³-hybridized carbons (Fsp3) is 0.294. The van der Waals surface area contributed by atoms with Crippen molar-refractivity contribution in [3.05, 3.63) is 64.9 Å². The summed E-state index contributed by atoms with van der Waals surface area (Å²) in [5.41, 5.74) is 0.931. The summed E-state index contributed by atoms with van der Waals surface area (Å²) in [5, 5.41) is -0.193. The molecule has 0 N–H and O–H groups in total. The molecule has 0 amide bonds. The van der Waals surface area contributed by atoms with Crippen LogP contribution < -0.4 is 0 Å². The molecule has 8 heteroatoms. The number of nitrogens with zero attached hydrogens (tertiary/aromatic N) is 2. The average molecular weight is 405 g/mol. The minimum Gasteiger partial charge on any atom is -0.303 e. The lowest BCUT2D eigenvalue weighted by Crippen LogP contribution is -2.49. The lowest BCUT2D eigenvalue weighted by Gasteiger charge is -2.39. The molecule has 1 heterocycles. The van der Waals surface area contributed by atoms with Gasteiger partial charge in [-0.15, -0.1) is 12.4 Å². The molecule has 136 valence electrons. The van der Waals surface area contributed by atoms with Crippen molar-refractivity contribution >= 4 is 34.0 Å². The van der Waals surface area contributed by atoms with Crippen LogP contribution in [0.5, 0.6) is 0 Å². The molecule has 1 atom stereocenters. The first kappa shape index (κ1) is 20.1. The van der Waals surface area contributed by atoms with Crippen LogP contribution in [-0.4, -0.2) is 44.3 Å². The molecule has 2 aromatic rings. The van der Waals surface area contributed by atoms with Crippen molar-refractivity contribution in [1.82, 2.24) is 9.21 Å². The van der Waals surface area contributed by atoms with Gasteiger partial charge in [-0.2, -0.15) is 4.31 Å². The third-order valence-electron chi connectivity index (χ3n) is 4.22. The number of hydrogen-bond acceptors (Lipinski definition) is 3. The molecule has 1 fully saturated rings. The van der Waals surface area contributed by atoms with E-state index >= 15 is 0 Å². The van der Waals surface area contributed by atoms with E-state index in [1.807, 2.05) is 37.4 Å². The summed E-state index contributed by atoms with van der Waals surface area (Å²) in [6.45, 7) is 1.60. The largest absolute Gasteiger partial charge is 0.303 e. The highest BCUT2D eigenvalue weighted by Gasteiger charge is 2.36. The molecular formula is C17H19Cl2FN2O2S. The molecule has 1 unspecified atom stereocenters. The van der Waals surface area contributed by atoms with Crippen LogP contribution in [-0.2, 0) is 10.0 Å². The predicted octanol–water partition coefficient (Wildman–Crippen LogP) is 3.58. The number of hydrogen-bond donors (Lipinski definition) is 0. The summed E-state index contributed by atoms with van der Waals surface area (Å²) in [5.74, 6) is -0.631.